The van der Waals surface area contributed by atoms with Crippen LogP contribution in [0.2, 0.25) is 0 Å². The van der Waals surface area contributed by atoms with Crippen LogP contribution < -0.4 is 0 Å². The maximum atomic E-state index is 12.4. The lowest BCUT2D eigenvalue weighted by Crippen LogP contribution is -2.04. The van der Waals surface area contributed by atoms with E-state index >= 15 is 0 Å². The molecule has 26 heavy (non-hydrogen) atoms. The van der Waals surface area contributed by atoms with Crippen molar-refractivity contribution in [2.24, 2.45) is 0 Å². The Balaban J connectivity index is 3.53. The van der Waals surface area contributed by atoms with Crippen LogP contribution in [0.15, 0.2) is 48.6 Å². The molecule has 0 aromatic carbocycles. The van der Waals surface area contributed by atoms with E-state index in [9.17, 15) is 8.76 Å². The minimum absolute atomic E-state index is 0.540. The number of hydrogen-bond acceptors (Lipinski definition) is 2. The van der Waals surface area contributed by atoms with Gasteiger partial charge in [-0.25, -0.2) is 4.57 Å². The Labute approximate surface area is 159 Å². The molecule has 0 aliphatic heterocycles. The molecule has 1 N–H and O–H groups in total. The van der Waals surface area contributed by atoms with Crippen molar-refractivity contribution in [3.05, 3.63) is 48.6 Å². The van der Waals surface area contributed by atoms with Gasteiger partial charge in [0.05, 0.1) is 6.10 Å². The molecule has 5 heteroatoms. The summed E-state index contributed by atoms with van der Waals surface area (Å²) in [5, 5.41) is 0. The standard InChI is InChI=1S/C21H36FO3P/c1-3-4-5-6-7-8-9-10-11-12-13-14-15-16-17-18-19-20-21(2)25-26(22,23)24/h7-8,10-11,13-14,16-17,21H,3-6,9,12,15,18-20H2,1-2H3,(H,23,24)/b8-7-,11-10-,14-13-,17-16-. The highest BCUT2D eigenvalue weighted by atomic mass is 31.2. The zero-order chi connectivity index (χ0) is 19.5. The molecular weight excluding hydrogens is 350 g/mol. The van der Waals surface area contributed by atoms with Gasteiger partial charge in [0, 0.05) is 0 Å². The topological polar surface area (TPSA) is 46.5 Å². The fraction of sp³-hybridized carbons (Fsp3) is 0.619. The molecule has 0 radical (unpaired) electrons. The third-order valence-corrected chi connectivity index (χ3v) is 4.37. The van der Waals surface area contributed by atoms with Gasteiger partial charge in [-0.05, 0) is 58.3 Å². The third-order valence-electron chi connectivity index (χ3n) is 3.75. The fourth-order valence-electron chi connectivity index (χ4n) is 2.36. The minimum Gasteiger partial charge on any atom is -0.299 e. The van der Waals surface area contributed by atoms with E-state index in [0.29, 0.717) is 6.42 Å². The van der Waals surface area contributed by atoms with E-state index in [4.69, 9.17) is 4.89 Å². The number of halogens is 1. The van der Waals surface area contributed by atoms with E-state index < -0.39 is 14.0 Å². The van der Waals surface area contributed by atoms with Crippen LogP contribution in [-0.4, -0.2) is 11.0 Å². The van der Waals surface area contributed by atoms with E-state index in [1.165, 1.54) is 25.7 Å². The summed E-state index contributed by atoms with van der Waals surface area (Å²) in [5.74, 6) is 0. The Bertz CT molecular complexity index is 478. The molecule has 0 fully saturated rings. The van der Waals surface area contributed by atoms with Crippen molar-refractivity contribution < 1.29 is 18.2 Å². The van der Waals surface area contributed by atoms with Crippen LogP contribution in [0.1, 0.15) is 78.1 Å². The highest BCUT2D eigenvalue weighted by Crippen LogP contribution is 2.45. The number of unbranched alkanes of at least 4 members (excludes halogenated alkanes) is 4. The largest absolute Gasteiger partial charge is 0.510 e. The summed E-state index contributed by atoms with van der Waals surface area (Å²) in [6, 6.07) is 0. The fourth-order valence-corrected chi connectivity index (χ4v) is 2.91. The lowest BCUT2D eigenvalue weighted by molar-refractivity contribution is 0.157. The van der Waals surface area contributed by atoms with Crippen LogP contribution in [0.3, 0.4) is 0 Å². The van der Waals surface area contributed by atoms with Gasteiger partial charge in [0.2, 0.25) is 0 Å². The molecule has 0 heterocycles. The van der Waals surface area contributed by atoms with Crippen LogP contribution in [0, 0.1) is 0 Å². The minimum atomic E-state index is -4.85. The second-order valence-corrected chi connectivity index (χ2v) is 7.50. The lowest BCUT2D eigenvalue weighted by Gasteiger charge is -2.10. The predicted octanol–water partition coefficient (Wildman–Crippen LogP) is 7.61. The van der Waals surface area contributed by atoms with E-state index in [1.807, 2.05) is 0 Å². The summed E-state index contributed by atoms with van der Waals surface area (Å²) in [6.07, 6.45) is 27.0. The normalized spacial score (nSPS) is 16.3. The van der Waals surface area contributed by atoms with Crippen molar-refractivity contribution in [1.82, 2.24) is 0 Å². The second kappa shape index (κ2) is 17.5. The summed E-state index contributed by atoms with van der Waals surface area (Å²) in [6.45, 7) is 3.83. The summed E-state index contributed by atoms with van der Waals surface area (Å²) in [4.78, 5) is 8.47. The average molecular weight is 386 g/mol. The first-order chi connectivity index (χ1) is 12.5. The van der Waals surface area contributed by atoms with Gasteiger partial charge >= 0.3 is 7.91 Å². The SMILES string of the molecule is CCCCC/C=C\C/C=C\C/C=C\C/C=C\CCCC(C)OP(=O)(O)F. The van der Waals surface area contributed by atoms with Gasteiger partial charge in [0.25, 0.3) is 0 Å². The summed E-state index contributed by atoms with van der Waals surface area (Å²) in [5.41, 5.74) is 0. The van der Waals surface area contributed by atoms with Crippen molar-refractivity contribution in [2.75, 3.05) is 0 Å². The van der Waals surface area contributed by atoms with E-state index in [2.05, 4.69) is 60.1 Å². The molecule has 150 valence electrons. The molecular formula is C21H36FO3P. The molecule has 2 unspecified atom stereocenters. The molecule has 3 nitrogen and oxygen atoms in total. The Morgan fingerprint density at radius 2 is 1.35 bits per heavy atom. The summed E-state index contributed by atoms with van der Waals surface area (Å²) >= 11 is 0. The molecule has 0 amide bonds. The maximum absolute atomic E-state index is 12.4. The number of rotatable bonds is 16. The Morgan fingerprint density at radius 3 is 1.81 bits per heavy atom. The first-order valence-corrected chi connectivity index (χ1v) is 11.2. The Hall–Kier alpha value is -0.960. The van der Waals surface area contributed by atoms with Gasteiger partial charge in [-0.15, -0.1) is 4.20 Å². The van der Waals surface area contributed by atoms with Crippen LogP contribution in [0.4, 0.5) is 4.20 Å². The first-order valence-electron chi connectivity index (χ1n) is 9.76. The van der Waals surface area contributed by atoms with Gasteiger partial charge in [0.15, 0.2) is 0 Å². The van der Waals surface area contributed by atoms with Crippen molar-refractivity contribution >= 4 is 7.91 Å². The highest BCUT2D eigenvalue weighted by Gasteiger charge is 2.20. The van der Waals surface area contributed by atoms with Gasteiger partial charge in [-0.1, -0.05) is 68.4 Å². The van der Waals surface area contributed by atoms with Crippen LogP contribution >= 0.6 is 7.91 Å². The molecule has 2 atom stereocenters. The van der Waals surface area contributed by atoms with Gasteiger partial charge in [0.1, 0.15) is 0 Å². The summed E-state index contributed by atoms with van der Waals surface area (Å²) in [7, 11) is -4.85. The third kappa shape index (κ3) is 21.1. The van der Waals surface area contributed by atoms with Crippen LogP contribution in [0.25, 0.3) is 0 Å². The number of hydrogen-bond donors (Lipinski definition) is 1. The molecule has 0 aromatic rings. The molecule has 0 aromatic heterocycles. The van der Waals surface area contributed by atoms with Gasteiger partial charge < -0.3 is 0 Å². The van der Waals surface area contributed by atoms with Crippen LogP contribution in [-0.2, 0) is 9.09 Å². The zero-order valence-corrected chi connectivity index (χ0v) is 17.3. The van der Waals surface area contributed by atoms with Gasteiger partial charge in [-0.2, -0.15) is 0 Å². The summed E-state index contributed by atoms with van der Waals surface area (Å²) < 4.78 is 27.2. The molecule has 0 saturated carbocycles. The van der Waals surface area contributed by atoms with Crippen LogP contribution in [0.5, 0.6) is 0 Å². The quantitative estimate of drug-likeness (QED) is 0.169. The molecule has 0 spiro atoms. The van der Waals surface area contributed by atoms with Crippen molar-refractivity contribution in [2.45, 2.75) is 84.2 Å². The molecule has 0 aliphatic carbocycles. The molecule has 0 aliphatic rings. The van der Waals surface area contributed by atoms with E-state index in [0.717, 1.165) is 32.1 Å². The zero-order valence-electron chi connectivity index (χ0n) is 16.4. The second-order valence-electron chi connectivity index (χ2n) is 6.39. The molecule has 0 saturated heterocycles. The number of allylic oxidation sites excluding steroid dienone is 8. The Morgan fingerprint density at radius 1 is 0.885 bits per heavy atom. The Kier molecular flexibility index (Phi) is 16.8. The monoisotopic (exact) mass is 386 g/mol. The predicted molar refractivity (Wildman–Crippen MR) is 110 cm³/mol. The van der Waals surface area contributed by atoms with Gasteiger partial charge in [-0.3, -0.25) is 9.42 Å². The molecule has 0 rings (SSSR count). The van der Waals surface area contributed by atoms with Crippen molar-refractivity contribution in [3.63, 3.8) is 0 Å². The first kappa shape index (κ1) is 25.0. The molecule has 0 bridgehead atoms. The van der Waals surface area contributed by atoms with Crippen molar-refractivity contribution in [1.29, 1.82) is 0 Å². The van der Waals surface area contributed by atoms with Crippen molar-refractivity contribution in [3.8, 4) is 0 Å². The average Bonchev–Trinajstić information content (AvgIpc) is 2.56. The van der Waals surface area contributed by atoms with E-state index in [-0.39, 0.29) is 0 Å². The smallest absolute Gasteiger partial charge is 0.299 e. The highest BCUT2D eigenvalue weighted by molar-refractivity contribution is 7.46. The lowest BCUT2D eigenvalue weighted by atomic mass is 10.1. The van der Waals surface area contributed by atoms with E-state index in [1.54, 1.807) is 6.92 Å². The maximum Gasteiger partial charge on any atom is 0.510 e.